The summed E-state index contributed by atoms with van der Waals surface area (Å²) >= 11 is 0. The van der Waals surface area contributed by atoms with E-state index in [0.717, 1.165) is 109 Å². The minimum Gasteiger partial charge on any atom is -0.462 e. The van der Waals surface area contributed by atoms with Crippen LogP contribution in [0, 0.1) is 0 Å². The number of hydrogen-bond acceptors (Lipinski definition) is 6. The second-order valence-electron chi connectivity index (χ2n) is 19.5. The van der Waals surface area contributed by atoms with Gasteiger partial charge in [-0.05, 0) is 116 Å². The Hall–Kier alpha value is -3.41. The quantitative estimate of drug-likeness (QED) is 0.0261. The molecule has 70 heavy (non-hydrogen) atoms. The van der Waals surface area contributed by atoms with Crippen molar-refractivity contribution in [2.24, 2.45) is 0 Å². The van der Waals surface area contributed by atoms with Crippen molar-refractivity contribution in [3.63, 3.8) is 0 Å². The molecule has 6 heteroatoms. The molecule has 0 aromatic heterocycles. The predicted octanol–water partition coefficient (Wildman–Crippen LogP) is 19.9. The highest BCUT2D eigenvalue weighted by Gasteiger charge is 2.19. The van der Waals surface area contributed by atoms with E-state index in [1.54, 1.807) is 0 Å². The first-order chi connectivity index (χ1) is 34.5. The Balaban J connectivity index is 4.43. The molecule has 0 aliphatic heterocycles. The SMILES string of the molecule is CC/C=C\C/C=C\C/C=C\C/C=C\CCCCCCCCC(=O)OCC(COC(=O)CCCCCCC/C=C\CCCCCCCC)OC(=O)CCCCCCCCC/C=C\C/C=C\CCCCCC. The largest absolute Gasteiger partial charge is 0.462 e. The molecular formula is C64H110O6. The summed E-state index contributed by atoms with van der Waals surface area (Å²) in [6, 6.07) is 0. The normalized spacial score (nSPS) is 12.7. The van der Waals surface area contributed by atoms with Gasteiger partial charge < -0.3 is 14.2 Å². The predicted molar refractivity (Wildman–Crippen MR) is 302 cm³/mol. The average molecular weight is 976 g/mol. The summed E-state index contributed by atoms with van der Waals surface area (Å²) in [4.78, 5) is 38.2. The molecule has 0 amide bonds. The third-order valence-electron chi connectivity index (χ3n) is 12.6. The monoisotopic (exact) mass is 975 g/mol. The highest BCUT2D eigenvalue weighted by molar-refractivity contribution is 5.71. The van der Waals surface area contributed by atoms with Crippen LogP contribution in [0.2, 0.25) is 0 Å². The van der Waals surface area contributed by atoms with Crippen LogP contribution in [0.4, 0.5) is 0 Å². The standard InChI is InChI=1S/C64H110O6/c1-4-7-10-13-16-19-22-25-28-30-32-34-36-39-42-45-48-51-54-57-63(66)69-60-61(59-68-62(65)56-53-50-47-44-41-38-35-27-24-21-18-15-12-9-6-3)70-64(67)58-55-52-49-46-43-40-37-33-31-29-26-23-20-17-14-11-8-5-2/h7,10,16,19-20,23,25,27-29,31-32,34-35,61H,4-6,8-9,11-15,17-18,21-22,24,26,30,33,36-60H2,1-3H3/b10-7-,19-16-,23-20-,28-25-,31-29-,34-32-,35-27-. The fourth-order valence-corrected chi connectivity index (χ4v) is 8.16. The number of rotatable bonds is 53. The maximum absolute atomic E-state index is 12.9. The molecule has 1 atom stereocenters. The number of esters is 3. The van der Waals surface area contributed by atoms with Gasteiger partial charge in [-0.2, -0.15) is 0 Å². The lowest BCUT2D eigenvalue weighted by atomic mass is 10.1. The van der Waals surface area contributed by atoms with Crippen LogP contribution < -0.4 is 0 Å². The van der Waals surface area contributed by atoms with Crippen LogP contribution in [-0.2, 0) is 28.6 Å². The first-order valence-electron chi connectivity index (χ1n) is 29.6. The summed E-state index contributed by atoms with van der Waals surface area (Å²) in [5.74, 6) is -0.911. The molecule has 0 aliphatic rings. The average Bonchev–Trinajstić information content (AvgIpc) is 3.36. The van der Waals surface area contributed by atoms with Crippen molar-refractivity contribution in [2.75, 3.05) is 13.2 Å². The second-order valence-corrected chi connectivity index (χ2v) is 19.5. The van der Waals surface area contributed by atoms with Crippen molar-refractivity contribution in [3.8, 4) is 0 Å². The van der Waals surface area contributed by atoms with Gasteiger partial charge in [0.05, 0.1) is 0 Å². The molecule has 0 radical (unpaired) electrons. The molecule has 0 saturated heterocycles. The Bertz CT molecular complexity index is 1350. The van der Waals surface area contributed by atoms with Gasteiger partial charge in [0.2, 0.25) is 0 Å². The summed E-state index contributed by atoms with van der Waals surface area (Å²) < 4.78 is 16.9. The molecule has 402 valence electrons. The van der Waals surface area contributed by atoms with Crippen LogP contribution in [0.25, 0.3) is 0 Å². The zero-order valence-electron chi connectivity index (χ0n) is 46.0. The second kappa shape index (κ2) is 58.2. The Kier molecular flexibility index (Phi) is 55.3. The number of hydrogen-bond donors (Lipinski definition) is 0. The van der Waals surface area contributed by atoms with Gasteiger partial charge in [0, 0.05) is 19.3 Å². The van der Waals surface area contributed by atoms with E-state index in [0.29, 0.717) is 19.3 Å². The molecule has 0 saturated carbocycles. The van der Waals surface area contributed by atoms with Crippen molar-refractivity contribution in [2.45, 2.75) is 290 Å². The molecule has 0 fully saturated rings. The zero-order valence-corrected chi connectivity index (χ0v) is 46.0. The van der Waals surface area contributed by atoms with Gasteiger partial charge in [-0.1, -0.05) is 234 Å². The molecule has 0 aromatic rings. The molecule has 6 nitrogen and oxygen atoms in total. The Morgan fingerprint density at radius 2 is 0.557 bits per heavy atom. The smallest absolute Gasteiger partial charge is 0.306 e. The van der Waals surface area contributed by atoms with Crippen molar-refractivity contribution >= 4 is 17.9 Å². The van der Waals surface area contributed by atoms with E-state index < -0.39 is 6.10 Å². The van der Waals surface area contributed by atoms with Crippen molar-refractivity contribution < 1.29 is 28.6 Å². The molecule has 0 aliphatic carbocycles. The molecule has 0 heterocycles. The zero-order chi connectivity index (χ0) is 50.7. The summed E-state index contributed by atoms with van der Waals surface area (Å²) in [7, 11) is 0. The van der Waals surface area contributed by atoms with Crippen LogP contribution >= 0.6 is 0 Å². The van der Waals surface area contributed by atoms with E-state index in [4.69, 9.17) is 14.2 Å². The van der Waals surface area contributed by atoms with Gasteiger partial charge in [-0.3, -0.25) is 14.4 Å². The molecule has 0 spiro atoms. The topological polar surface area (TPSA) is 78.9 Å². The Morgan fingerprint density at radius 1 is 0.300 bits per heavy atom. The summed E-state index contributed by atoms with van der Waals surface area (Å²) in [5, 5.41) is 0. The van der Waals surface area contributed by atoms with Gasteiger partial charge in [-0.25, -0.2) is 0 Å². The summed E-state index contributed by atoms with van der Waals surface area (Å²) in [6.07, 6.45) is 75.7. The Morgan fingerprint density at radius 3 is 0.900 bits per heavy atom. The first kappa shape index (κ1) is 66.6. The van der Waals surface area contributed by atoms with Gasteiger partial charge in [0.25, 0.3) is 0 Å². The minimum absolute atomic E-state index is 0.0884. The fraction of sp³-hybridized carbons (Fsp3) is 0.734. The van der Waals surface area contributed by atoms with Crippen LogP contribution in [0.1, 0.15) is 284 Å². The van der Waals surface area contributed by atoms with E-state index in [1.165, 1.54) is 135 Å². The van der Waals surface area contributed by atoms with Crippen molar-refractivity contribution in [1.82, 2.24) is 0 Å². The van der Waals surface area contributed by atoms with Crippen LogP contribution in [0.15, 0.2) is 85.1 Å². The highest BCUT2D eigenvalue weighted by atomic mass is 16.6. The van der Waals surface area contributed by atoms with E-state index >= 15 is 0 Å². The number of allylic oxidation sites excluding steroid dienone is 14. The van der Waals surface area contributed by atoms with E-state index in [1.807, 2.05) is 0 Å². The number of ether oxygens (including phenoxy) is 3. The molecule has 0 N–H and O–H groups in total. The van der Waals surface area contributed by atoms with Crippen LogP contribution in [0.5, 0.6) is 0 Å². The maximum Gasteiger partial charge on any atom is 0.306 e. The van der Waals surface area contributed by atoms with Crippen LogP contribution in [-0.4, -0.2) is 37.2 Å². The lowest BCUT2D eigenvalue weighted by molar-refractivity contribution is -0.167. The fourth-order valence-electron chi connectivity index (χ4n) is 8.16. The minimum atomic E-state index is -0.791. The van der Waals surface area contributed by atoms with Gasteiger partial charge >= 0.3 is 17.9 Å². The molecule has 1 unspecified atom stereocenters. The van der Waals surface area contributed by atoms with E-state index in [2.05, 4.69) is 106 Å². The van der Waals surface area contributed by atoms with E-state index in [-0.39, 0.29) is 31.1 Å². The molecule has 0 rings (SSSR count). The van der Waals surface area contributed by atoms with E-state index in [9.17, 15) is 14.4 Å². The van der Waals surface area contributed by atoms with Gasteiger partial charge in [0.15, 0.2) is 6.10 Å². The summed E-state index contributed by atoms with van der Waals surface area (Å²) in [5.41, 5.74) is 0. The highest BCUT2D eigenvalue weighted by Crippen LogP contribution is 2.15. The van der Waals surface area contributed by atoms with Crippen molar-refractivity contribution in [3.05, 3.63) is 85.1 Å². The molecule has 0 bridgehead atoms. The maximum atomic E-state index is 12.9. The third-order valence-corrected chi connectivity index (χ3v) is 12.6. The molecule has 0 aromatic carbocycles. The van der Waals surface area contributed by atoms with Crippen LogP contribution in [0.3, 0.4) is 0 Å². The van der Waals surface area contributed by atoms with Crippen molar-refractivity contribution in [1.29, 1.82) is 0 Å². The first-order valence-corrected chi connectivity index (χ1v) is 29.6. The summed E-state index contributed by atoms with van der Waals surface area (Å²) in [6.45, 7) is 6.50. The third kappa shape index (κ3) is 55.5. The molecular weight excluding hydrogens is 865 g/mol. The lowest BCUT2D eigenvalue weighted by Gasteiger charge is -2.18. The number of carbonyl (C=O) groups excluding carboxylic acids is 3. The Labute approximate surface area is 433 Å². The van der Waals surface area contributed by atoms with Gasteiger partial charge in [-0.15, -0.1) is 0 Å². The number of unbranched alkanes of at least 4 members (excludes halogenated alkanes) is 28. The number of carbonyl (C=O) groups is 3. The lowest BCUT2D eigenvalue weighted by Crippen LogP contribution is -2.30. The van der Waals surface area contributed by atoms with Gasteiger partial charge in [0.1, 0.15) is 13.2 Å².